The van der Waals surface area contributed by atoms with E-state index in [9.17, 15) is 18.4 Å². The molecule has 0 saturated carbocycles. The smallest absolute Gasteiger partial charge is 0.282 e. The minimum absolute atomic E-state index is 0.0331. The van der Waals surface area contributed by atoms with Gasteiger partial charge in [0.25, 0.3) is 11.8 Å². The van der Waals surface area contributed by atoms with E-state index in [0.29, 0.717) is 17.2 Å². The predicted octanol–water partition coefficient (Wildman–Crippen LogP) is 5.48. The molecule has 1 N–H and O–H groups in total. The van der Waals surface area contributed by atoms with Gasteiger partial charge in [0, 0.05) is 11.8 Å². The quantitative estimate of drug-likeness (QED) is 0.558. The molecular weight excluding hydrogens is 398 g/mol. The molecule has 0 fully saturated rings. The Balaban J connectivity index is 1.77. The summed E-state index contributed by atoms with van der Waals surface area (Å²) in [5, 5.41) is 3.06. The van der Waals surface area contributed by atoms with Crippen molar-refractivity contribution in [3.8, 4) is 0 Å². The van der Waals surface area contributed by atoms with Crippen LogP contribution in [-0.2, 0) is 9.59 Å². The highest BCUT2D eigenvalue weighted by Gasteiger charge is 2.40. The standard InChI is InChI=1S/C25H20F2N2O2/c1-15(2)16-8-10-18(11-9-16)28-23-22(17-6-4-3-5-7-17)24(30)29(25(23)31)19-12-13-20(26)21(27)14-19/h3-15,28H,1-2H3. The normalized spacial score (nSPS) is 14.0. The second kappa shape index (κ2) is 8.14. The van der Waals surface area contributed by atoms with Crippen molar-refractivity contribution in [2.45, 2.75) is 19.8 Å². The monoisotopic (exact) mass is 418 g/mol. The lowest BCUT2D eigenvalue weighted by Crippen LogP contribution is -2.32. The van der Waals surface area contributed by atoms with Crippen LogP contribution in [0, 0.1) is 11.6 Å². The molecule has 0 bridgehead atoms. The van der Waals surface area contributed by atoms with Gasteiger partial charge in [-0.2, -0.15) is 0 Å². The Hall–Kier alpha value is -3.80. The zero-order valence-electron chi connectivity index (χ0n) is 17.0. The fourth-order valence-corrected chi connectivity index (χ4v) is 3.47. The summed E-state index contributed by atoms with van der Waals surface area (Å²) >= 11 is 0. The van der Waals surface area contributed by atoms with Crippen molar-refractivity contribution >= 4 is 28.8 Å². The van der Waals surface area contributed by atoms with Gasteiger partial charge in [-0.3, -0.25) is 9.59 Å². The lowest BCUT2D eigenvalue weighted by Gasteiger charge is -2.15. The number of anilines is 2. The summed E-state index contributed by atoms with van der Waals surface area (Å²) in [5.74, 6) is -3.08. The molecule has 0 unspecified atom stereocenters. The molecule has 156 valence electrons. The number of halogens is 2. The molecule has 31 heavy (non-hydrogen) atoms. The van der Waals surface area contributed by atoms with Crippen LogP contribution in [0.1, 0.15) is 30.9 Å². The number of hydrogen-bond donors (Lipinski definition) is 1. The Bertz CT molecular complexity index is 1190. The van der Waals surface area contributed by atoms with E-state index in [1.54, 1.807) is 30.3 Å². The van der Waals surface area contributed by atoms with Crippen LogP contribution in [0.4, 0.5) is 20.2 Å². The zero-order valence-corrected chi connectivity index (χ0v) is 17.0. The topological polar surface area (TPSA) is 49.4 Å². The van der Waals surface area contributed by atoms with Gasteiger partial charge < -0.3 is 5.32 Å². The molecule has 0 saturated heterocycles. The Kier molecular flexibility index (Phi) is 5.38. The Morgan fingerprint density at radius 2 is 1.48 bits per heavy atom. The molecule has 1 aliphatic rings. The minimum Gasteiger partial charge on any atom is -0.350 e. The lowest BCUT2D eigenvalue weighted by atomic mass is 10.0. The number of nitrogens with zero attached hydrogens (tertiary/aromatic N) is 1. The summed E-state index contributed by atoms with van der Waals surface area (Å²) in [7, 11) is 0. The van der Waals surface area contributed by atoms with E-state index in [2.05, 4.69) is 19.2 Å². The van der Waals surface area contributed by atoms with Gasteiger partial charge in [0.2, 0.25) is 0 Å². The molecule has 0 spiro atoms. The Labute approximate surface area is 178 Å². The molecule has 3 aromatic carbocycles. The van der Waals surface area contributed by atoms with E-state index in [1.165, 1.54) is 6.07 Å². The number of hydrogen-bond acceptors (Lipinski definition) is 3. The fourth-order valence-electron chi connectivity index (χ4n) is 3.47. The molecule has 0 aliphatic carbocycles. The largest absolute Gasteiger partial charge is 0.350 e. The molecular formula is C25H20F2N2O2. The SMILES string of the molecule is CC(C)c1ccc(NC2=C(c3ccccc3)C(=O)N(c3ccc(F)c(F)c3)C2=O)cc1. The molecule has 4 rings (SSSR count). The van der Waals surface area contributed by atoms with E-state index < -0.39 is 23.4 Å². The van der Waals surface area contributed by atoms with Crippen molar-refractivity contribution in [3.05, 3.63) is 101 Å². The van der Waals surface area contributed by atoms with Crippen molar-refractivity contribution in [1.82, 2.24) is 0 Å². The average Bonchev–Trinajstić information content (AvgIpc) is 3.00. The molecule has 0 atom stereocenters. The third-order valence-electron chi connectivity index (χ3n) is 5.15. The van der Waals surface area contributed by atoms with Crippen LogP contribution in [0.3, 0.4) is 0 Å². The fraction of sp³-hybridized carbons (Fsp3) is 0.120. The number of carbonyl (C=O) groups excluding carboxylic acids is 2. The van der Waals surface area contributed by atoms with Crippen LogP contribution < -0.4 is 10.2 Å². The van der Waals surface area contributed by atoms with Crippen LogP contribution in [0.5, 0.6) is 0 Å². The third kappa shape index (κ3) is 3.84. The van der Waals surface area contributed by atoms with Crippen molar-refractivity contribution in [2.75, 3.05) is 10.2 Å². The van der Waals surface area contributed by atoms with E-state index in [0.717, 1.165) is 22.6 Å². The maximum absolute atomic E-state index is 13.8. The molecule has 0 aromatic heterocycles. The first-order chi connectivity index (χ1) is 14.9. The van der Waals surface area contributed by atoms with Crippen molar-refractivity contribution in [3.63, 3.8) is 0 Å². The van der Waals surface area contributed by atoms with Gasteiger partial charge in [0.05, 0.1) is 11.3 Å². The van der Waals surface area contributed by atoms with Gasteiger partial charge in [0.15, 0.2) is 11.6 Å². The number of amides is 2. The summed E-state index contributed by atoms with van der Waals surface area (Å²) in [6.45, 7) is 4.16. The zero-order chi connectivity index (χ0) is 22.1. The van der Waals surface area contributed by atoms with Gasteiger partial charge in [-0.25, -0.2) is 13.7 Å². The predicted molar refractivity (Wildman–Crippen MR) is 116 cm³/mol. The van der Waals surface area contributed by atoms with E-state index >= 15 is 0 Å². The summed E-state index contributed by atoms with van der Waals surface area (Å²) in [6.07, 6.45) is 0. The second-order valence-electron chi connectivity index (χ2n) is 7.56. The first kappa shape index (κ1) is 20.5. The van der Waals surface area contributed by atoms with Crippen molar-refractivity contribution < 1.29 is 18.4 Å². The molecule has 1 heterocycles. The summed E-state index contributed by atoms with van der Waals surface area (Å²) in [6, 6.07) is 19.3. The first-order valence-electron chi connectivity index (χ1n) is 9.87. The molecule has 1 aliphatic heterocycles. The molecule has 0 radical (unpaired) electrons. The highest BCUT2D eigenvalue weighted by atomic mass is 19.2. The second-order valence-corrected chi connectivity index (χ2v) is 7.56. The summed E-state index contributed by atoms with van der Waals surface area (Å²) in [5.41, 5.74) is 2.55. The van der Waals surface area contributed by atoms with E-state index in [-0.39, 0.29) is 17.0 Å². The van der Waals surface area contributed by atoms with E-state index in [1.807, 2.05) is 24.3 Å². The number of rotatable bonds is 5. The van der Waals surface area contributed by atoms with Crippen LogP contribution in [0.2, 0.25) is 0 Å². The van der Waals surface area contributed by atoms with Gasteiger partial charge in [-0.1, -0.05) is 56.3 Å². The van der Waals surface area contributed by atoms with Crippen LogP contribution in [0.15, 0.2) is 78.5 Å². The molecule has 2 amide bonds. The first-order valence-corrected chi connectivity index (χ1v) is 9.87. The van der Waals surface area contributed by atoms with Gasteiger partial charge in [0.1, 0.15) is 5.70 Å². The molecule has 3 aromatic rings. The average molecular weight is 418 g/mol. The van der Waals surface area contributed by atoms with Crippen molar-refractivity contribution in [1.29, 1.82) is 0 Å². The van der Waals surface area contributed by atoms with Gasteiger partial charge in [-0.05, 0) is 41.3 Å². The summed E-state index contributed by atoms with van der Waals surface area (Å²) < 4.78 is 27.2. The van der Waals surface area contributed by atoms with Gasteiger partial charge in [-0.15, -0.1) is 0 Å². The Morgan fingerprint density at radius 3 is 2.10 bits per heavy atom. The van der Waals surface area contributed by atoms with Crippen LogP contribution >= 0.6 is 0 Å². The molecule has 6 heteroatoms. The number of nitrogens with one attached hydrogen (secondary N) is 1. The highest BCUT2D eigenvalue weighted by Crippen LogP contribution is 2.34. The maximum Gasteiger partial charge on any atom is 0.282 e. The number of carbonyl (C=O) groups is 2. The third-order valence-corrected chi connectivity index (χ3v) is 5.15. The van der Waals surface area contributed by atoms with Crippen LogP contribution in [0.25, 0.3) is 5.57 Å². The Morgan fingerprint density at radius 1 is 0.806 bits per heavy atom. The van der Waals surface area contributed by atoms with E-state index in [4.69, 9.17) is 0 Å². The summed E-state index contributed by atoms with van der Waals surface area (Å²) in [4.78, 5) is 27.3. The highest BCUT2D eigenvalue weighted by molar-refractivity contribution is 6.46. The lowest BCUT2D eigenvalue weighted by molar-refractivity contribution is -0.120. The van der Waals surface area contributed by atoms with Gasteiger partial charge >= 0.3 is 0 Å². The number of benzene rings is 3. The van der Waals surface area contributed by atoms with Crippen molar-refractivity contribution in [2.24, 2.45) is 0 Å². The number of imide groups is 1. The maximum atomic E-state index is 13.8. The van der Waals surface area contributed by atoms with Crippen LogP contribution in [-0.4, -0.2) is 11.8 Å². The molecule has 4 nitrogen and oxygen atoms in total. The minimum atomic E-state index is -1.13.